The number of nitro benzene ring substituents is 1. The van der Waals surface area contributed by atoms with Crippen molar-refractivity contribution in [2.45, 2.75) is 6.42 Å². The fourth-order valence-electron chi connectivity index (χ4n) is 2.47. The maximum Gasteiger partial charge on any atom is 0.270 e. The molecule has 0 N–H and O–H groups in total. The fraction of sp³-hybridized carbons (Fsp3) is 0.188. The lowest BCUT2D eigenvalue weighted by Crippen LogP contribution is -2.34. The predicted octanol–water partition coefficient (Wildman–Crippen LogP) is 3.59. The molecule has 0 saturated heterocycles. The summed E-state index contributed by atoms with van der Waals surface area (Å²) in [7, 11) is 0. The van der Waals surface area contributed by atoms with Crippen molar-refractivity contribution in [3.63, 3.8) is 0 Å². The number of amides is 1. The predicted molar refractivity (Wildman–Crippen MR) is 85.9 cm³/mol. The number of thiophene rings is 1. The van der Waals surface area contributed by atoms with Gasteiger partial charge in [0.2, 0.25) is 0 Å². The van der Waals surface area contributed by atoms with Crippen LogP contribution in [-0.2, 0) is 0 Å². The first-order valence-corrected chi connectivity index (χ1v) is 7.80. The Morgan fingerprint density at radius 3 is 2.77 bits per heavy atom. The lowest BCUT2D eigenvalue weighted by Gasteiger charge is -2.26. The number of nitrogens with zero attached hydrogens (tertiary/aromatic N) is 2. The van der Waals surface area contributed by atoms with Crippen LogP contribution < -0.4 is 0 Å². The van der Waals surface area contributed by atoms with E-state index < -0.39 is 4.92 Å². The Morgan fingerprint density at radius 2 is 2.14 bits per heavy atom. The van der Waals surface area contributed by atoms with Gasteiger partial charge in [0.15, 0.2) is 0 Å². The zero-order valence-corrected chi connectivity index (χ0v) is 12.6. The molecule has 0 bridgehead atoms. The van der Waals surface area contributed by atoms with Gasteiger partial charge in [-0.25, -0.2) is 0 Å². The first kappa shape index (κ1) is 14.5. The van der Waals surface area contributed by atoms with Crippen molar-refractivity contribution >= 4 is 28.5 Å². The molecule has 0 saturated carbocycles. The third-order valence-corrected chi connectivity index (χ3v) is 4.58. The van der Waals surface area contributed by atoms with Gasteiger partial charge in [-0.3, -0.25) is 14.9 Å². The van der Waals surface area contributed by atoms with Gasteiger partial charge in [0.1, 0.15) is 0 Å². The maximum atomic E-state index is 12.4. The van der Waals surface area contributed by atoms with Crippen LogP contribution in [0.1, 0.15) is 21.7 Å². The van der Waals surface area contributed by atoms with Gasteiger partial charge in [-0.1, -0.05) is 18.2 Å². The Morgan fingerprint density at radius 1 is 1.27 bits per heavy atom. The van der Waals surface area contributed by atoms with E-state index in [-0.39, 0.29) is 11.6 Å². The average molecular weight is 314 g/mol. The molecule has 0 fully saturated rings. The summed E-state index contributed by atoms with van der Waals surface area (Å²) in [5, 5.41) is 12.8. The molecule has 5 nitrogen and oxygen atoms in total. The molecule has 2 aromatic rings. The summed E-state index contributed by atoms with van der Waals surface area (Å²) in [5.74, 6) is -0.162. The van der Waals surface area contributed by atoms with E-state index in [1.807, 2.05) is 11.4 Å². The largest absolute Gasteiger partial charge is 0.335 e. The standard InChI is InChI=1S/C16H14N2O3S/c19-16(13-3-1-4-14(11-13)18(20)21)17-8-6-12(7-9-17)15-5-2-10-22-15/h1-6,10-11H,7-9H2. The van der Waals surface area contributed by atoms with Crippen LogP contribution in [0.5, 0.6) is 0 Å². The summed E-state index contributed by atoms with van der Waals surface area (Å²) in [6.07, 6.45) is 2.87. The van der Waals surface area contributed by atoms with Gasteiger partial charge < -0.3 is 4.90 Å². The molecule has 1 aromatic carbocycles. The number of hydrogen-bond acceptors (Lipinski definition) is 4. The molecule has 0 spiro atoms. The molecule has 112 valence electrons. The SMILES string of the molecule is O=C(c1cccc([N+](=O)[O-])c1)N1CC=C(c2cccs2)CC1. The van der Waals surface area contributed by atoms with E-state index in [4.69, 9.17) is 0 Å². The molecule has 0 aliphatic carbocycles. The van der Waals surface area contributed by atoms with Crippen molar-refractivity contribution in [2.75, 3.05) is 13.1 Å². The molecule has 0 radical (unpaired) electrons. The van der Waals surface area contributed by atoms with E-state index in [0.717, 1.165) is 6.42 Å². The number of non-ortho nitro benzene ring substituents is 1. The number of rotatable bonds is 3. The smallest absolute Gasteiger partial charge is 0.270 e. The van der Waals surface area contributed by atoms with Crippen molar-refractivity contribution in [1.82, 2.24) is 4.90 Å². The van der Waals surface area contributed by atoms with Crippen LogP contribution in [0, 0.1) is 10.1 Å². The molecular formula is C16H14N2O3S. The third-order valence-electron chi connectivity index (χ3n) is 3.64. The molecule has 2 heterocycles. The molecule has 6 heteroatoms. The Kier molecular flexibility index (Phi) is 4.02. The van der Waals surface area contributed by atoms with E-state index >= 15 is 0 Å². The van der Waals surface area contributed by atoms with Crippen LogP contribution in [0.3, 0.4) is 0 Å². The van der Waals surface area contributed by atoms with Crippen molar-refractivity contribution in [1.29, 1.82) is 0 Å². The summed E-state index contributed by atoms with van der Waals surface area (Å²) in [4.78, 5) is 25.7. The molecule has 1 aromatic heterocycles. The average Bonchev–Trinajstić information content (AvgIpc) is 3.09. The Labute approximate surface area is 131 Å². The summed E-state index contributed by atoms with van der Waals surface area (Å²) in [5.41, 5.74) is 1.57. The van der Waals surface area contributed by atoms with E-state index in [0.29, 0.717) is 18.7 Å². The normalized spacial score (nSPS) is 14.5. The Balaban J connectivity index is 1.74. The fourth-order valence-corrected chi connectivity index (χ4v) is 3.27. The summed E-state index contributed by atoms with van der Waals surface area (Å²) in [6, 6.07) is 9.98. The zero-order chi connectivity index (χ0) is 15.5. The maximum absolute atomic E-state index is 12.4. The van der Waals surface area contributed by atoms with E-state index in [1.54, 1.807) is 28.4 Å². The second kappa shape index (κ2) is 6.11. The van der Waals surface area contributed by atoms with E-state index in [1.165, 1.54) is 22.6 Å². The van der Waals surface area contributed by atoms with Gasteiger partial charge in [-0.15, -0.1) is 11.3 Å². The number of nitro groups is 1. The van der Waals surface area contributed by atoms with Crippen LogP contribution in [-0.4, -0.2) is 28.8 Å². The molecule has 1 aliphatic rings. The van der Waals surface area contributed by atoms with Crippen LogP contribution in [0.25, 0.3) is 5.57 Å². The molecule has 22 heavy (non-hydrogen) atoms. The second-order valence-electron chi connectivity index (χ2n) is 5.02. The number of carbonyl (C=O) groups excluding carboxylic acids is 1. The summed E-state index contributed by atoms with van der Waals surface area (Å²) in [6.45, 7) is 1.17. The van der Waals surface area contributed by atoms with Crippen molar-refractivity contribution < 1.29 is 9.72 Å². The molecule has 3 rings (SSSR count). The lowest BCUT2D eigenvalue weighted by molar-refractivity contribution is -0.384. The zero-order valence-electron chi connectivity index (χ0n) is 11.8. The molecular weight excluding hydrogens is 300 g/mol. The van der Waals surface area contributed by atoms with Crippen LogP contribution in [0.2, 0.25) is 0 Å². The van der Waals surface area contributed by atoms with Gasteiger partial charge in [0.05, 0.1) is 4.92 Å². The minimum absolute atomic E-state index is 0.0577. The number of hydrogen-bond donors (Lipinski definition) is 0. The van der Waals surface area contributed by atoms with Gasteiger partial charge in [-0.2, -0.15) is 0 Å². The second-order valence-corrected chi connectivity index (χ2v) is 5.96. The van der Waals surface area contributed by atoms with Crippen LogP contribution in [0.15, 0.2) is 47.9 Å². The molecule has 0 unspecified atom stereocenters. The highest BCUT2D eigenvalue weighted by atomic mass is 32.1. The quantitative estimate of drug-likeness (QED) is 0.642. The molecule has 1 amide bonds. The third kappa shape index (κ3) is 2.92. The monoisotopic (exact) mass is 314 g/mol. The van der Waals surface area contributed by atoms with Gasteiger partial charge in [-0.05, 0) is 29.5 Å². The number of benzene rings is 1. The van der Waals surface area contributed by atoms with Gasteiger partial charge in [0.25, 0.3) is 11.6 Å². The first-order valence-electron chi connectivity index (χ1n) is 6.92. The van der Waals surface area contributed by atoms with E-state index in [9.17, 15) is 14.9 Å². The topological polar surface area (TPSA) is 63.4 Å². The highest BCUT2D eigenvalue weighted by Crippen LogP contribution is 2.26. The Bertz CT molecular complexity index is 738. The number of carbonyl (C=O) groups is 1. The Hall–Kier alpha value is -2.47. The van der Waals surface area contributed by atoms with E-state index in [2.05, 4.69) is 12.1 Å². The molecule has 1 aliphatic heterocycles. The van der Waals surface area contributed by atoms with Crippen LogP contribution in [0.4, 0.5) is 5.69 Å². The minimum Gasteiger partial charge on any atom is -0.335 e. The van der Waals surface area contributed by atoms with Gasteiger partial charge in [0, 0.05) is 35.7 Å². The molecule has 0 atom stereocenters. The first-order chi connectivity index (χ1) is 10.6. The van der Waals surface area contributed by atoms with Crippen molar-refractivity contribution in [2.24, 2.45) is 0 Å². The van der Waals surface area contributed by atoms with Crippen LogP contribution >= 0.6 is 11.3 Å². The highest BCUT2D eigenvalue weighted by Gasteiger charge is 2.21. The summed E-state index contributed by atoms with van der Waals surface area (Å²) < 4.78 is 0. The minimum atomic E-state index is -0.484. The van der Waals surface area contributed by atoms with Gasteiger partial charge >= 0.3 is 0 Å². The van der Waals surface area contributed by atoms with Crippen molar-refractivity contribution in [3.8, 4) is 0 Å². The summed E-state index contributed by atoms with van der Waals surface area (Å²) >= 11 is 1.69. The lowest BCUT2D eigenvalue weighted by atomic mass is 10.1. The van der Waals surface area contributed by atoms with Crippen molar-refractivity contribution in [3.05, 3.63) is 68.4 Å². The highest BCUT2D eigenvalue weighted by molar-refractivity contribution is 7.11.